The maximum atomic E-state index is 9.25. The Morgan fingerprint density at radius 2 is 1.81 bits per heavy atom. The lowest BCUT2D eigenvalue weighted by atomic mass is 9.78. The second kappa shape index (κ2) is 6.57. The molecule has 3 heterocycles. The van der Waals surface area contributed by atoms with Crippen molar-refractivity contribution in [3.05, 3.63) is 48.3 Å². The number of pyridine rings is 2. The van der Waals surface area contributed by atoms with Crippen LogP contribution in [0.5, 0.6) is 17.6 Å². The molecule has 1 N–H and O–H groups in total. The Morgan fingerprint density at radius 1 is 0.963 bits per heavy atom. The molecule has 2 aliphatic carbocycles. The van der Waals surface area contributed by atoms with Gasteiger partial charge < -0.3 is 19.1 Å². The van der Waals surface area contributed by atoms with Crippen LogP contribution in [-0.2, 0) is 0 Å². The summed E-state index contributed by atoms with van der Waals surface area (Å²) in [5.41, 5.74) is 2.00. The molecule has 138 valence electrons. The van der Waals surface area contributed by atoms with Gasteiger partial charge in [0.15, 0.2) is 5.76 Å². The first-order valence-electron chi connectivity index (χ1n) is 9.14. The van der Waals surface area contributed by atoms with Crippen LogP contribution >= 0.6 is 0 Å². The number of hydrogen-bond acceptors (Lipinski definition) is 7. The normalized spacial score (nSPS) is 21.5. The van der Waals surface area contributed by atoms with E-state index in [0.717, 1.165) is 37.1 Å². The molecule has 2 fully saturated rings. The Hall–Kier alpha value is -3.09. The smallest absolute Gasteiger partial charge is 0.252 e. The van der Waals surface area contributed by atoms with Crippen LogP contribution in [0, 0.1) is 0 Å². The van der Waals surface area contributed by atoms with Crippen molar-refractivity contribution in [3.63, 3.8) is 0 Å². The van der Waals surface area contributed by atoms with Gasteiger partial charge in [-0.05, 0) is 54.5 Å². The van der Waals surface area contributed by atoms with Crippen molar-refractivity contribution in [2.24, 2.45) is 0 Å². The first-order chi connectivity index (χ1) is 13.2. The standard InChI is InChI=1S/C20H19N3O4/c24-18-10-17(27-23-18)13-1-4-19(22-11-13)26-16-7-14(8-16)12-5-6-21-20(9-12)25-15-2-3-15/h1,4-6,9-11,14-16H,2-3,7-8H2,(H,23,24)/t14-,16-. The van der Waals surface area contributed by atoms with Crippen LogP contribution in [0.25, 0.3) is 11.3 Å². The molecule has 2 aliphatic rings. The molecule has 3 aromatic rings. The van der Waals surface area contributed by atoms with Gasteiger partial charge in [0.1, 0.15) is 12.2 Å². The third kappa shape index (κ3) is 3.58. The third-order valence-electron chi connectivity index (χ3n) is 4.94. The molecule has 2 saturated carbocycles. The van der Waals surface area contributed by atoms with Crippen molar-refractivity contribution >= 4 is 0 Å². The fraction of sp³-hybridized carbons (Fsp3) is 0.350. The van der Waals surface area contributed by atoms with Gasteiger partial charge in [-0.1, -0.05) is 0 Å². The number of ether oxygens (including phenoxy) is 2. The number of aromatic hydroxyl groups is 1. The largest absolute Gasteiger partial charge is 0.491 e. The Labute approximate surface area is 156 Å². The molecule has 0 amide bonds. The van der Waals surface area contributed by atoms with Crippen molar-refractivity contribution in [2.45, 2.75) is 43.8 Å². The van der Waals surface area contributed by atoms with E-state index >= 15 is 0 Å². The van der Waals surface area contributed by atoms with Gasteiger partial charge >= 0.3 is 0 Å². The summed E-state index contributed by atoms with van der Waals surface area (Å²) in [5.74, 6) is 2.11. The van der Waals surface area contributed by atoms with Gasteiger partial charge in [-0.25, -0.2) is 9.97 Å². The van der Waals surface area contributed by atoms with Gasteiger partial charge in [0.25, 0.3) is 5.88 Å². The molecule has 0 atom stereocenters. The summed E-state index contributed by atoms with van der Waals surface area (Å²) < 4.78 is 16.7. The molecule has 0 spiro atoms. The lowest BCUT2D eigenvalue weighted by Crippen LogP contribution is -2.32. The molecule has 27 heavy (non-hydrogen) atoms. The summed E-state index contributed by atoms with van der Waals surface area (Å²) in [4.78, 5) is 8.61. The lowest BCUT2D eigenvalue weighted by Gasteiger charge is -2.35. The zero-order valence-corrected chi connectivity index (χ0v) is 14.6. The van der Waals surface area contributed by atoms with Crippen LogP contribution in [0.4, 0.5) is 0 Å². The summed E-state index contributed by atoms with van der Waals surface area (Å²) in [6, 6.07) is 9.20. The molecule has 7 nitrogen and oxygen atoms in total. The number of nitrogens with zero attached hydrogens (tertiary/aromatic N) is 3. The molecule has 0 aromatic carbocycles. The van der Waals surface area contributed by atoms with E-state index in [-0.39, 0.29) is 12.0 Å². The molecular weight excluding hydrogens is 346 g/mol. The number of rotatable bonds is 6. The first kappa shape index (κ1) is 16.1. The van der Waals surface area contributed by atoms with Gasteiger partial charge in [-0.15, -0.1) is 0 Å². The van der Waals surface area contributed by atoms with E-state index in [0.29, 0.717) is 23.7 Å². The summed E-state index contributed by atoms with van der Waals surface area (Å²) in [6.07, 6.45) is 8.16. The number of hydrogen-bond donors (Lipinski definition) is 1. The predicted octanol–water partition coefficient (Wildman–Crippen LogP) is 3.70. The summed E-state index contributed by atoms with van der Waals surface area (Å²) in [7, 11) is 0. The molecule has 0 aliphatic heterocycles. The second-order valence-corrected chi connectivity index (χ2v) is 7.09. The van der Waals surface area contributed by atoms with E-state index in [9.17, 15) is 5.11 Å². The van der Waals surface area contributed by atoms with Crippen molar-refractivity contribution in [1.82, 2.24) is 15.1 Å². The Kier molecular flexibility index (Phi) is 3.92. The summed E-state index contributed by atoms with van der Waals surface area (Å²) in [6.45, 7) is 0. The van der Waals surface area contributed by atoms with E-state index in [2.05, 4.69) is 27.3 Å². The molecule has 7 heteroatoms. The monoisotopic (exact) mass is 365 g/mol. The van der Waals surface area contributed by atoms with E-state index in [4.69, 9.17) is 14.0 Å². The minimum Gasteiger partial charge on any atom is -0.491 e. The highest BCUT2D eigenvalue weighted by atomic mass is 16.5. The van der Waals surface area contributed by atoms with E-state index in [1.165, 1.54) is 11.6 Å². The second-order valence-electron chi connectivity index (χ2n) is 7.09. The molecular formula is C20H19N3O4. The lowest BCUT2D eigenvalue weighted by molar-refractivity contribution is 0.0934. The molecule has 3 aromatic heterocycles. The molecule has 0 saturated heterocycles. The molecule has 5 rings (SSSR count). The van der Waals surface area contributed by atoms with Gasteiger partial charge in [0, 0.05) is 36.2 Å². The minimum atomic E-state index is -0.146. The summed E-state index contributed by atoms with van der Waals surface area (Å²) >= 11 is 0. The van der Waals surface area contributed by atoms with Crippen LogP contribution in [0.15, 0.2) is 47.2 Å². The Bertz CT molecular complexity index is 930. The zero-order valence-electron chi connectivity index (χ0n) is 14.6. The first-order valence-corrected chi connectivity index (χ1v) is 9.14. The van der Waals surface area contributed by atoms with Gasteiger partial charge in [-0.3, -0.25) is 0 Å². The Balaban J connectivity index is 1.17. The van der Waals surface area contributed by atoms with E-state index in [1.807, 2.05) is 12.3 Å². The fourth-order valence-electron chi connectivity index (χ4n) is 3.20. The van der Waals surface area contributed by atoms with Crippen LogP contribution in [0.3, 0.4) is 0 Å². The highest BCUT2D eigenvalue weighted by Gasteiger charge is 2.33. The topological polar surface area (TPSA) is 90.5 Å². The molecule has 0 unspecified atom stereocenters. The maximum Gasteiger partial charge on any atom is 0.252 e. The average molecular weight is 365 g/mol. The van der Waals surface area contributed by atoms with Crippen LogP contribution < -0.4 is 9.47 Å². The highest BCUT2D eigenvalue weighted by Crippen LogP contribution is 2.40. The van der Waals surface area contributed by atoms with Crippen molar-refractivity contribution < 1.29 is 19.1 Å². The van der Waals surface area contributed by atoms with E-state index in [1.54, 1.807) is 12.3 Å². The van der Waals surface area contributed by atoms with Crippen LogP contribution in [0.2, 0.25) is 0 Å². The SMILES string of the molecule is Oc1cc(-c2ccc(O[C@H]3C[C@H](c4ccnc(OC5CC5)c4)C3)nc2)on1. The quantitative estimate of drug-likeness (QED) is 0.712. The maximum absolute atomic E-state index is 9.25. The van der Waals surface area contributed by atoms with Crippen molar-refractivity contribution in [2.75, 3.05) is 0 Å². The van der Waals surface area contributed by atoms with Crippen molar-refractivity contribution in [1.29, 1.82) is 0 Å². The van der Waals surface area contributed by atoms with Crippen molar-refractivity contribution in [3.8, 4) is 29.0 Å². The molecule has 0 bridgehead atoms. The van der Waals surface area contributed by atoms with Crippen LogP contribution in [0.1, 0.15) is 37.2 Å². The summed E-state index contributed by atoms with van der Waals surface area (Å²) in [5, 5.41) is 12.7. The highest BCUT2D eigenvalue weighted by molar-refractivity contribution is 5.57. The zero-order chi connectivity index (χ0) is 18.2. The fourth-order valence-corrected chi connectivity index (χ4v) is 3.20. The molecule has 0 radical (unpaired) electrons. The van der Waals surface area contributed by atoms with Crippen LogP contribution in [-0.4, -0.2) is 32.4 Å². The Morgan fingerprint density at radius 3 is 2.52 bits per heavy atom. The predicted molar refractivity (Wildman–Crippen MR) is 95.7 cm³/mol. The average Bonchev–Trinajstić information content (AvgIpc) is 3.36. The van der Waals surface area contributed by atoms with Gasteiger partial charge in [-0.2, -0.15) is 0 Å². The van der Waals surface area contributed by atoms with Gasteiger partial charge in [0.05, 0.1) is 0 Å². The number of aromatic nitrogens is 3. The van der Waals surface area contributed by atoms with Gasteiger partial charge in [0.2, 0.25) is 11.8 Å². The minimum absolute atomic E-state index is 0.146. The van der Waals surface area contributed by atoms with E-state index < -0.39 is 0 Å². The third-order valence-corrected chi connectivity index (χ3v) is 4.94.